The monoisotopic (exact) mass is 381 g/mol. The quantitative estimate of drug-likeness (QED) is 0.620. The number of hydrogen-bond acceptors (Lipinski definition) is 3. The molecule has 1 aliphatic rings. The third kappa shape index (κ3) is 3.58. The number of carbonyl (C=O) groups excluding carboxylic acids is 1. The lowest BCUT2D eigenvalue weighted by atomic mass is 9.98. The van der Waals surface area contributed by atoms with Gasteiger partial charge in [-0.1, -0.05) is 35.9 Å². The first-order valence-electron chi connectivity index (χ1n) is 8.93. The van der Waals surface area contributed by atoms with E-state index in [-0.39, 0.29) is 5.91 Å². The maximum absolute atomic E-state index is 12.8. The molecule has 4 rings (SSSR count). The van der Waals surface area contributed by atoms with Gasteiger partial charge in [0.1, 0.15) is 11.5 Å². The normalized spacial score (nSPS) is 16.5. The van der Waals surface area contributed by atoms with Crippen molar-refractivity contribution in [2.45, 2.75) is 12.3 Å². The molecule has 3 aromatic rings. The summed E-state index contributed by atoms with van der Waals surface area (Å²) in [6.07, 6.45) is 0.941. The highest BCUT2D eigenvalue weighted by Crippen LogP contribution is 2.32. The molecule has 1 aromatic heterocycles. The molecule has 4 nitrogen and oxygen atoms in total. The summed E-state index contributed by atoms with van der Waals surface area (Å²) in [6.45, 7) is 1.41. The zero-order valence-electron chi connectivity index (χ0n) is 15.0. The molecule has 0 N–H and O–H groups in total. The van der Waals surface area contributed by atoms with Gasteiger partial charge in [-0.3, -0.25) is 4.79 Å². The number of nitrogens with zero attached hydrogens (tertiary/aromatic N) is 1. The zero-order chi connectivity index (χ0) is 18.8. The molecule has 0 saturated carbocycles. The zero-order valence-corrected chi connectivity index (χ0v) is 15.8. The summed E-state index contributed by atoms with van der Waals surface area (Å²) in [7, 11) is 1.66. The molecule has 1 unspecified atom stereocenters. The average molecular weight is 382 g/mol. The SMILES string of the molecule is COc1ccc(C2CCN(C(=O)c3ccc(-c4ccccc4Cl)o3)C2)cc1. The van der Waals surface area contributed by atoms with Gasteiger partial charge in [0.25, 0.3) is 5.91 Å². The number of methoxy groups -OCH3 is 1. The number of halogens is 1. The topological polar surface area (TPSA) is 42.7 Å². The number of rotatable bonds is 4. The Kier molecular flexibility index (Phi) is 4.90. The van der Waals surface area contributed by atoms with E-state index in [0.29, 0.717) is 29.0 Å². The molecule has 2 aromatic carbocycles. The molecule has 1 amide bonds. The fraction of sp³-hybridized carbons (Fsp3) is 0.227. The first-order chi connectivity index (χ1) is 13.2. The van der Waals surface area contributed by atoms with Gasteiger partial charge < -0.3 is 14.1 Å². The Bertz CT molecular complexity index is 948. The summed E-state index contributed by atoms with van der Waals surface area (Å²) >= 11 is 6.22. The van der Waals surface area contributed by atoms with Crippen LogP contribution in [-0.4, -0.2) is 31.0 Å². The molecule has 1 fully saturated rings. The van der Waals surface area contributed by atoms with Crippen LogP contribution >= 0.6 is 11.6 Å². The summed E-state index contributed by atoms with van der Waals surface area (Å²) in [6, 6.07) is 19.0. The minimum atomic E-state index is -0.0793. The summed E-state index contributed by atoms with van der Waals surface area (Å²) < 4.78 is 11.0. The second kappa shape index (κ2) is 7.49. The van der Waals surface area contributed by atoms with Gasteiger partial charge in [-0.2, -0.15) is 0 Å². The van der Waals surface area contributed by atoms with Gasteiger partial charge in [0.15, 0.2) is 5.76 Å². The van der Waals surface area contributed by atoms with E-state index in [1.807, 2.05) is 35.2 Å². The van der Waals surface area contributed by atoms with Crippen LogP contribution in [0.25, 0.3) is 11.3 Å². The predicted molar refractivity (Wildman–Crippen MR) is 105 cm³/mol. The highest BCUT2D eigenvalue weighted by molar-refractivity contribution is 6.33. The van der Waals surface area contributed by atoms with E-state index >= 15 is 0 Å². The Morgan fingerprint density at radius 1 is 1.11 bits per heavy atom. The number of ether oxygens (including phenoxy) is 1. The second-order valence-electron chi connectivity index (χ2n) is 6.65. The molecular formula is C22H20ClNO3. The fourth-order valence-corrected chi connectivity index (χ4v) is 3.74. The van der Waals surface area contributed by atoms with Crippen LogP contribution in [0.1, 0.15) is 28.5 Å². The Labute approximate surface area is 163 Å². The smallest absolute Gasteiger partial charge is 0.289 e. The number of benzene rings is 2. The number of hydrogen-bond donors (Lipinski definition) is 0. The fourth-order valence-electron chi connectivity index (χ4n) is 3.51. The van der Waals surface area contributed by atoms with E-state index < -0.39 is 0 Å². The van der Waals surface area contributed by atoms with Crippen molar-refractivity contribution in [1.29, 1.82) is 0 Å². The van der Waals surface area contributed by atoms with E-state index in [1.165, 1.54) is 5.56 Å². The number of amides is 1. The first kappa shape index (κ1) is 17.7. The highest BCUT2D eigenvalue weighted by Gasteiger charge is 2.29. The molecule has 1 atom stereocenters. The van der Waals surface area contributed by atoms with Crippen LogP contribution in [0.3, 0.4) is 0 Å². The molecule has 0 radical (unpaired) electrons. The lowest BCUT2D eigenvalue weighted by Crippen LogP contribution is -2.28. The molecule has 1 aliphatic heterocycles. The van der Waals surface area contributed by atoms with Crippen molar-refractivity contribution in [1.82, 2.24) is 4.90 Å². The Balaban J connectivity index is 1.47. The molecule has 0 bridgehead atoms. The van der Waals surface area contributed by atoms with Crippen LogP contribution in [-0.2, 0) is 0 Å². The number of carbonyl (C=O) groups is 1. The summed E-state index contributed by atoms with van der Waals surface area (Å²) in [5.74, 6) is 2.05. The molecule has 5 heteroatoms. The van der Waals surface area contributed by atoms with Crippen molar-refractivity contribution >= 4 is 17.5 Å². The highest BCUT2D eigenvalue weighted by atomic mass is 35.5. The van der Waals surface area contributed by atoms with Crippen LogP contribution < -0.4 is 4.74 Å². The second-order valence-corrected chi connectivity index (χ2v) is 7.06. The van der Waals surface area contributed by atoms with Crippen LogP contribution in [0.5, 0.6) is 5.75 Å². The molecule has 138 valence electrons. The average Bonchev–Trinajstić information content (AvgIpc) is 3.38. The third-order valence-corrected chi connectivity index (χ3v) is 5.35. The molecule has 1 saturated heterocycles. The van der Waals surface area contributed by atoms with E-state index in [9.17, 15) is 4.79 Å². The van der Waals surface area contributed by atoms with E-state index in [0.717, 1.165) is 24.3 Å². The van der Waals surface area contributed by atoms with Gasteiger partial charge in [0.05, 0.1) is 12.1 Å². The van der Waals surface area contributed by atoms with Gasteiger partial charge in [-0.15, -0.1) is 0 Å². The molecule has 27 heavy (non-hydrogen) atoms. The van der Waals surface area contributed by atoms with Gasteiger partial charge in [0.2, 0.25) is 0 Å². The molecule has 0 spiro atoms. The minimum absolute atomic E-state index is 0.0793. The standard InChI is InChI=1S/C22H20ClNO3/c1-26-17-8-6-15(7-9-17)16-12-13-24(14-16)22(25)21-11-10-20(27-21)18-4-2-3-5-19(18)23/h2-11,16H,12-14H2,1H3. The van der Waals surface area contributed by atoms with Gasteiger partial charge in [-0.05, 0) is 48.4 Å². The minimum Gasteiger partial charge on any atom is -0.497 e. The summed E-state index contributed by atoms with van der Waals surface area (Å²) in [4.78, 5) is 14.7. The van der Waals surface area contributed by atoms with E-state index in [1.54, 1.807) is 25.3 Å². The predicted octanol–water partition coefficient (Wildman–Crippen LogP) is 5.24. The van der Waals surface area contributed by atoms with Crippen LogP contribution in [0.2, 0.25) is 5.02 Å². The molecular weight excluding hydrogens is 362 g/mol. The molecule has 0 aliphatic carbocycles. The maximum Gasteiger partial charge on any atom is 0.289 e. The van der Waals surface area contributed by atoms with Gasteiger partial charge in [-0.25, -0.2) is 0 Å². The Morgan fingerprint density at radius 3 is 2.63 bits per heavy atom. The van der Waals surface area contributed by atoms with Crippen molar-refractivity contribution in [3.8, 4) is 17.1 Å². The van der Waals surface area contributed by atoms with E-state index in [2.05, 4.69) is 12.1 Å². The lowest BCUT2D eigenvalue weighted by molar-refractivity contribution is 0.0760. The first-order valence-corrected chi connectivity index (χ1v) is 9.31. The van der Waals surface area contributed by atoms with Crippen molar-refractivity contribution in [3.05, 3.63) is 77.0 Å². The van der Waals surface area contributed by atoms with Crippen molar-refractivity contribution in [2.24, 2.45) is 0 Å². The maximum atomic E-state index is 12.8. The van der Waals surface area contributed by atoms with Crippen molar-refractivity contribution < 1.29 is 13.9 Å². The Morgan fingerprint density at radius 2 is 1.89 bits per heavy atom. The third-order valence-electron chi connectivity index (χ3n) is 5.02. The number of furan rings is 1. The van der Waals surface area contributed by atoms with E-state index in [4.69, 9.17) is 20.8 Å². The Hall–Kier alpha value is -2.72. The van der Waals surface area contributed by atoms with Gasteiger partial charge in [0, 0.05) is 24.6 Å². The van der Waals surface area contributed by atoms with Crippen LogP contribution in [0.4, 0.5) is 0 Å². The molecule has 2 heterocycles. The van der Waals surface area contributed by atoms with Crippen molar-refractivity contribution in [3.63, 3.8) is 0 Å². The lowest BCUT2D eigenvalue weighted by Gasteiger charge is -2.15. The van der Waals surface area contributed by atoms with Crippen LogP contribution in [0.15, 0.2) is 65.1 Å². The summed E-state index contributed by atoms with van der Waals surface area (Å²) in [5, 5.41) is 0.603. The summed E-state index contributed by atoms with van der Waals surface area (Å²) in [5.41, 5.74) is 2.01. The van der Waals surface area contributed by atoms with Crippen LogP contribution in [0, 0.1) is 0 Å². The van der Waals surface area contributed by atoms with Gasteiger partial charge >= 0.3 is 0 Å². The largest absolute Gasteiger partial charge is 0.497 e. The number of likely N-dealkylation sites (tertiary alicyclic amines) is 1. The van der Waals surface area contributed by atoms with Crippen molar-refractivity contribution in [2.75, 3.05) is 20.2 Å².